The number of anilines is 1. The van der Waals surface area contributed by atoms with E-state index in [1.54, 1.807) is 18.2 Å². The number of ketones is 1. The number of aromatic nitrogens is 1. The summed E-state index contributed by atoms with van der Waals surface area (Å²) < 4.78 is 1.94. The number of nitrogens with two attached hydrogens (primary N) is 1. The van der Waals surface area contributed by atoms with Gasteiger partial charge < -0.3 is 10.3 Å². The minimum atomic E-state index is -0.0731. The number of nitrogens with zero attached hydrogens (tertiary/aromatic N) is 1. The Bertz CT molecular complexity index is 800. The van der Waals surface area contributed by atoms with E-state index in [4.69, 9.17) is 17.3 Å². The molecular formula is C16H13ClN2O. The van der Waals surface area contributed by atoms with Crippen molar-refractivity contribution >= 4 is 34.0 Å². The molecule has 0 saturated heterocycles. The van der Waals surface area contributed by atoms with E-state index >= 15 is 0 Å². The van der Waals surface area contributed by atoms with Gasteiger partial charge in [-0.1, -0.05) is 29.8 Å². The highest BCUT2D eigenvalue weighted by atomic mass is 35.5. The maximum atomic E-state index is 12.7. The van der Waals surface area contributed by atoms with Gasteiger partial charge in [-0.15, -0.1) is 0 Å². The Kier molecular flexibility index (Phi) is 2.99. The van der Waals surface area contributed by atoms with Crippen LogP contribution in [-0.2, 0) is 7.05 Å². The summed E-state index contributed by atoms with van der Waals surface area (Å²) in [4.78, 5) is 12.7. The van der Waals surface area contributed by atoms with Crippen LogP contribution in [0.25, 0.3) is 10.9 Å². The van der Waals surface area contributed by atoms with Gasteiger partial charge in [0.1, 0.15) is 0 Å². The number of halogens is 1. The van der Waals surface area contributed by atoms with E-state index in [0.717, 1.165) is 10.9 Å². The van der Waals surface area contributed by atoms with E-state index in [-0.39, 0.29) is 5.78 Å². The molecule has 100 valence electrons. The Morgan fingerprint density at radius 1 is 1.20 bits per heavy atom. The molecule has 0 bridgehead atoms. The van der Waals surface area contributed by atoms with Crippen LogP contribution in [0, 0.1) is 0 Å². The normalized spacial score (nSPS) is 10.9. The van der Waals surface area contributed by atoms with Gasteiger partial charge in [-0.05, 0) is 24.3 Å². The Hall–Kier alpha value is -2.26. The average molecular weight is 285 g/mol. The van der Waals surface area contributed by atoms with Gasteiger partial charge in [0.15, 0.2) is 5.78 Å². The SMILES string of the molecule is Cn1cc(C(=O)c2cc(N)cc(Cl)c2)c2ccccc21. The van der Waals surface area contributed by atoms with E-state index in [1.807, 2.05) is 42.1 Å². The maximum Gasteiger partial charge on any atom is 0.195 e. The number of para-hydroxylation sites is 1. The van der Waals surface area contributed by atoms with Gasteiger partial charge in [0.2, 0.25) is 0 Å². The number of aryl methyl sites for hydroxylation is 1. The van der Waals surface area contributed by atoms with E-state index in [2.05, 4.69) is 0 Å². The number of rotatable bonds is 2. The van der Waals surface area contributed by atoms with Crippen LogP contribution in [0.3, 0.4) is 0 Å². The van der Waals surface area contributed by atoms with Crippen molar-refractivity contribution in [3.05, 3.63) is 64.8 Å². The standard InChI is InChI=1S/C16H13ClN2O/c1-19-9-14(13-4-2-3-5-15(13)19)16(20)10-6-11(17)8-12(18)7-10/h2-9H,18H2,1H3. The molecule has 0 spiro atoms. The van der Waals surface area contributed by atoms with Crippen molar-refractivity contribution in [2.75, 3.05) is 5.73 Å². The highest BCUT2D eigenvalue weighted by molar-refractivity contribution is 6.31. The van der Waals surface area contributed by atoms with Crippen molar-refractivity contribution in [3.8, 4) is 0 Å². The largest absolute Gasteiger partial charge is 0.399 e. The first-order chi connectivity index (χ1) is 9.56. The van der Waals surface area contributed by atoms with Gasteiger partial charge in [0.05, 0.1) is 0 Å². The van der Waals surface area contributed by atoms with Crippen LogP contribution in [0.4, 0.5) is 5.69 Å². The summed E-state index contributed by atoms with van der Waals surface area (Å²) in [6.07, 6.45) is 1.84. The first kappa shape index (κ1) is 12.8. The molecule has 0 atom stereocenters. The quantitative estimate of drug-likeness (QED) is 0.577. The summed E-state index contributed by atoms with van der Waals surface area (Å²) in [6, 6.07) is 12.7. The summed E-state index contributed by atoms with van der Waals surface area (Å²) in [5.41, 5.74) is 8.42. The molecule has 1 heterocycles. The third kappa shape index (κ3) is 2.06. The monoisotopic (exact) mass is 284 g/mol. The summed E-state index contributed by atoms with van der Waals surface area (Å²) in [5, 5.41) is 1.40. The second kappa shape index (κ2) is 4.69. The molecule has 0 aliphatic heterocycles. The van der Waals surface area contributed by atoms with E-state index in [1.165, 1.54) is 0 Å². The minimum absolute atomic E-state index is 0.0731. The van der Waals surface area contributed by atoms with Gasteiger partial charge in [0.25, 0.3) is 0 Å². The Morgan fingerprint density at radius 2 is 1.95 bits per heavy atom. The molecular weight excluding hydrogens is 272 g/mol. The lowest BCUT2D eigenvalue weighted by atomic mass is 10.0. The molecule has 0 radical (unpaired) electrons. The Balaban J connectivity index is 2.18. The summed E-state index contributed by atoms with van der Waals surface area (Å²) in [6.45, 7) is 0. The Morgan fingerprint density at radius 3 is 2.70 bits per heavy atom. The number of benzene rings is 2. The lowest BCUT2D eigenvalue weighted by molar-refractivity contribution is 0.104. The molecule has 0 amide bonds. The van der Waals surface area contributed by atoms with E-state index in [0.29, 0.717) is 21.8 Å². The number of carbonyl (C=O) groups is 1. The zero-order valence-electron chi connectivity index (χ0n) is 10.9. The number of nitrogen functional groups attached to an aromatic ring is 1. The average Bonchev–Trinajstić information content (AvgIpc) is 2.75. The molecule has 3 aromatic rings. The molecule has 0 unspecified atom stereocenters. The van der Waals surface area contributed by atoms with Crippen molar-refractivity contribution in [2.45, 2.75) is 0 Å². The molecule has 0 fully saturated rings. The van der Waals surface area contributed by atoms with Crippen LogP contribution >= 0.6 is 11.6 Å². The summed E-state index contributed by atoms with van der Waals surface area (Å²) in [5.74, 6) is -0.0731. The van der Waals surface area contributed by atoms with Crippen LogP contribution in [0.1, 0.15) is 15.9 Å². The minimum Gasteiger partial charge on any atom is -0.399 e. The number of carbonyl (C=O) groups excluding carboxylic acids is 1. The number of hydrogen-bond donors (Lipinski definition) is 1. The number of hydrogen-bond acceptors (Lipinski definition) is 2. The summed E-state index contributed by atoms with van der Waals surface area (Å²) in [7, 11) is 1.92. The smallest absolute Gasteiger partial charge is 0.195 e. The highest BCUT2D eigenvalue weighted by Crippen LogP contribution is 2.25. The van der Waals surface area contributed by atoms with Crippen LogP contribution in [0.15, 0.2) is 48.7 Å². The van der Waals surface area contributed by atoms with Crippen LogP contribution < -0.4 is 5.73 Å². The number of fused-ring (bicyclic) bond motifs is 1. The molecule has 4 heteroatoms. The molecule has 20 heavy (non-hydrogen) atoms. The van der Waals surface area contributed by atoms with Crippen LogP contribution in [0.2, 0.25) is 5.02 Å². The van der Waals surface area contributed by atoms with Gasteiger partial charge in [-0.2, -0.15) is 0 Å². The fourth-order valence-electron chi connectivity index (χ4n) is 2.42. The van der Waals surface area contributed by atoms with Gasteiger partial charge in [-0.3, -0.25) is 4.79 Å². The lowest BCUT2D eigenvalue weighted by Crippen LogP contribution is -2.01. The van der Waals surface area contributed by atoms with E-state index < -0.39 is 0 Å². The van der Waals surface area contributed by atoms with Gasteiger partial charge >= 0.3 is 0 Å². The van der Waals surface area contributed by atoms with Crippen LogP contribution in [0.5, 0.6) is 0 Å². The predicted molar refractivity (Wildman–Crippen MR) is 82.2 cm³/mol. The second-order valence-electron chi connectivity index (χ2n) is 4.77. The molecule has 0 aliphatic rings. The third-order valence-electron chi connectivity index (χ3n) is 3.32. The van der Waals surface area contributed by atoms with Crippen molar-refractivity contribution in [3.63, 3.8) is 0 Å². The van der Waals surface area contributed by atoms with Crippen molar-refractivity contribution in [1.82, 2.24) is 4.57 Å². The second-order valence-corrected chi connectivity index (χ2v) is 5.21. The van der Waals surface area contributed by atoms with Crippen molar-refractivity contribution in [1.29, 1.82) is 0 Å². The third-order valence-corrected chi connectivity index (χ3v) is 3.54. The van der Waals surface area contributed by atoms with Gasteiger partial charge in [0, 0.05) is 46.0 Å². The molecule has 2 N–H and O–H groups in total. The zero-order chi connectivity index (χ0) is 14.3. The molecule has 0 aliphatic carbocycles. The zero-order valence-corrected chi connectivity index (χ0v) is 11.7. The molecule has 2 aromatic carbocycles. The predicted octanol–water partition coefficient (Wildman–Crippen LogP) is 3.64. The fourth-order valence-corrected chi connectivity index (χ4v) is 2.67. The molecule has 3 nitrogen and oxygen atoms in total. The van der Waals surface area contributed by atoms with Gasteiger partial charge in [-0.25, -0.2) is 0 Å². The van der Waals surface area contributed by atoms with Crippen molar-refractivity contribution < 1.29 is 4.79 Å². The van der Waals surface area contributed by atoms with Crippen LogP contribution in [-0.4, -0.2) is 10.4 Å². The van der Waals surface area contributed by atoms with Crippen molar-refractivity contribution in [2.24, 2.45) is 7.05 Å². The highest BCUT2D eigenvalue weighted by Gasteiger charge is 2.16. The lowest BCUT2D eigenvalue weighted by Gasteiger charge is -2.02. The maximum absolute atomic E-state index is 12.7. The fraction of sp³-hybridized carbons (Fsp3) is 0.0625. The molecule has 3 rings (SSSR count). The first-order valence-corrected chi connectivity index (χ1v) is 6.59. The first-order valence-electron chi connectivity index (χ1n) is 6.21. The van der Waals surface area contributed by atoms with E-state index in [9.17, 15) is 4.79 Å². The summed E-state index contributed by atoms with van der Waals surface area (Å²) >= 11 is 5.97. The molecule has 1 aromatic heterocycles. The molecule has 0 saturated carbocycles. The topological polar surface area (TPSA) is 48.0 Å². The Labute approximate surface area is 121 Å².